The maximum atomic E-state index is 12.7. The number of rotatable bonds is 3. The molecule has 4 aromatic rings. The quantitative estimate of drug-likeness (QED) is 0.590. The van der Waals surface area contributed by atoms with Crippen LogP contribution in [0.1, 0.15) is 29.3 Å². The molecule has 124 valence electrons. The Morgan fingerprint density at radius 3 is 2.72 bits per heavy atom. The highest BCUT2D eigenvalue weighted by molar-refractivity contribution is 6.04. The first-order valence-electron chi connectivity index (χ1n) is 7.73. The summed E-state index contributed by atoms with van der Waals surface area (Å²) in [7, 11) is 0. The van der Waals surface area contributed by atoms with E-state index in [4.69, 9.17) is 0 Å². The Kier molecular flexibility index (Phi) is 3.50. The van der Waals surface area contributed by atoms with Gasteiger partial charge in [-0.15, -0.1) is 10.2 Å². The molecule has 0 aliphatic heterocycles. The van der Waals surface area contributed by atoms with Crippen molar-refractivity contribution in [2.45, 2.75) is 13.0 Å². The first-order chi connectivity index (χ1) is 12.1. The Morgan fingerprint density at radius 1 is 1.12 bits per heavy atom. The van der Waals surface area contributed by atoms with E-state index in [1.807, 2.05) is 35.7 Å². The number of hydrogen-bond donors (Lipinski definition) is 2. The van der Waals surface area contributed by atoms with Gasteiger partial charge in [0.05, 0.1) is 11.4 Å². The highest BCUT2D eigenvalue weighted by Gasteiger charge is 2.19. The Balaban J connectivity index is 1.69. The summed E-state index contributed by atoms with van der Waals surface area (Å²) < 4.78 is 1.81. The van der Waals surface area contributed by atoms with Crippen molar-refractivity contribution >= 4 is 22.3 Å². The molecule has 0 saturated carbocycles. The highest BCUT2D eigenvalue weighted by atomic mass is 16.2. The largest absolute Gasteiger partial charge is 0.341 e. The number of nitrogens with one attached hydrogen (secondary N) is 2. The van der Waals surface area contributed by atoms with E-state index < -0.39 is 11.9 Å². The number of amides is 1. The van der Waals surface area contributed by atoms with Crippen molar-refractivity contribution in [2.24, 2.45) is 0 Å². The SMILES string of the molecule is CC(NC(=O)c1n[nH]c(=O)c2ccccc12)c1nnc2ccccn12. The van der Waals surface area contributed by atoms with Gasteiger partial charge in [-0.1, -0.05) is 24.3 Å². The van der Waals surface area contributed by atoms with Crippen LogP contribution < -0.4 is 10.9 Å². The van der Waals surface area contributed by atoms with Crippen LogP contribution in [0.3, 0.4) is 0 Å². The third-order valence-corrected chi connectivity index (χ3v) is 3.99. The van der Waals surface area contributed by atoms with Gasteiger partial charge in [-0.25, -0.2) is 5.10 Å². The van der Waals surface area contributed by atoms with Gasteiger partial charge in [-0.2, -0.15) is 5.10 Å². The highest BCUT2D eigenvalue weighted by Crippen LogP contribution is 2.15. The van der Waals surface area contributed by atoms with Gasteiger partial charge in [0.25, 0.3) is 11.5 Å². The van der Waals surface area contributed by atoms with E-state index in [0.29, 0.717) is 22.2 Å². The zero-order valence-corrected chi connectivity index (χ0v) is 13.3. The minimum atomic E-state index is -0.396. The summed E-state index contributed by atoms with van der Waals surface area (Å²) in [6.45, 7) is 1.81. The minimum absolute atomic E-state index is 0.163. The number of hydrogen-bond acceptors (Lipinski definition) is 5. The lowest BCUT2D eigenvalue weighted by molar-refractivity contribution is 0.0934. The van der Waals surface area contributed by atoms with Crippen molar-refractivity contribution in [3.8, 4) is 0 Å². The van der Waals surface area contributed by atoms with Crippen LogP contribution in [0.25, 0.3) is 16.4 Å². The van der Waals surface area contributed by atoms with Gasteiger partial charge in [0.2, 0.25) is 0 Å². The number of pyridine rings is 1. The number of aromatic nitrogens is 5. The molecule has 1 amide bonds. The van der Waals surface area contributed by atoms with Crippen molar-refractivity contribution in [2.75, 3.05) is 0 Å². The van der Waals surface area contributed by atoms with Gasteiger partial charge in [-0.05, 0) is 25.1 Å². The van der Waals surface area contributed by atoms with E-state index in [-0.39, 0.29) is 11.3 Å². The average molecular weight is 334 g/mol. The number of fused-ring (bicyclic) bond motifs is 2. The molecule has 1 aromatic carbocycles. The Morgan fingerprint density at radius 2 is 1.88 bits per heavy atom. The van der Waals surface area contributed by atoms with Crippen molar-refractivity contribution < 1.29 is 4.79 Å². The van der Waals surface area contributed by atoms with Crippen LogP contribution >= 0.6 is 0 Å². The standard InChI is InChI=1S/C17H14N6O2/c1-10(15-21-19-13-8-4-5-9-23(13)15)18-17(25)14-11-6-2-3-7-12(11)16(24)22-20-14/h2-10H,1H3,(H,18,25)(H,22,24). The molecule has 0 aliphatic carbocycles. The van der Waals surface area contributed by atoms with Crippen LogP contribution in [0.5, 0.6) is 0 Å². The summed E-state index contributed by atoms with van der Waals surface area (Å²) in [4.78, 5) is 24.5. The van der Waals surface area contributed by atoms with E-state index in [1.165, 1.54) is 0 Å². The van der Waals surface area contributed by atoms with Gasteiger partial charge in [0, 0.05) is 11.6 Å². The first kappa shape index (κ1) is 15.0. The van der Waals surface area contributed by atoms with Crippen molar-refractivity contribution in [3.63, 3.8) is 0 Å². The Labute approximate surface area is 141 Å². The number of nitrogens with zero attached hydrogens (tertiary/aromatic N) is 4. The van der Waals surface area contributed by atoms with Crippen molar-refractivity contribution in [3.05, 3.63) is 70.5 Å². The number of aromatic amines is 1. The molecule has 0 aliphatic rings. The zero-order chi connectivity index (χ0) is 17.4. The van der Waals surface area contributed by atoms with Gasteiger partial charge in [0.15, 0.2) is 17.2 Å². The molecule has 2 N–H and O–H groups in total. The molecular weight excluding hydrogens is 320 g/mol. The van der Waals surface area contributed by atoms with E-state index >= 15 is 0 Å². The lowest BCUT2D eigenvalue weighted by atomic mass is 10.1. The summed E-state index contributed by atoms with van der Waals surface area (Å²) in [5, 5.41) is 18.3. The zero-order valence-electron chi connectivity index (χ0n) is 13.3. The molecule has 8 heteroatoms. The molecule has 4 rings (SSSR count). The van der Waals surface area contributed by atoms with Crippen LogP contribution in [0, 0.1) is 0 Å². The lowest BCUT2D eigenvalue weighted by Gasteiger charge is -2.12. The van der Waals surface area contributed by atoms with Gasteiger partial charge < -0.3 is 5.32 Å². The molecule has 1 atom stereocenters. The Hall–Kier alpha value is -3.55. The second kappa shape index (κ2) is 5.82. The first-order valence-corrected chi connectivity index (χ1v) is 7.73. The molecule has 3 aromatic heterocycles. The van der Waals surface area contributed by atoms with Crippen LogP contribution in [0.15, 0.2) is 53.5 Å². The third kappa shape index (κ3) is 2.53. The lowest BCUT2D eigenvalue weighted by Crippen LogP contribution is -2.30. The topological polar surface area (TPSA) is 105 Å². The maximum Gasteiger partial charge on any atom is 0.272 e. The van der Waals surface area contributed by atoms with Gasteiger partial charge in [-0.3, -0.25) is 14.0 Å². The average Bonchev–Trinajstić information content (AvgIpc) is 3.06. The number of H-pyrrole nitrogens is 1. The van der Waals surface area contributed by atoms with E-state index in [2.05, 4.69) is 25.7 Å². The molecule has 1 unspecified atom stereocenters. The van der Waals surface area contributed by atoms with Crippen molar-refractivity contribution in [1.29, 1.82) is 0 Å². The summed E-state index contributed by atoms with van der Waals surface area (Å²) in [5.41, 5.74) is 0.533. The van der Waals surface area contributed by atoms with Crippen LogP contribution in [0.4, 0.5) is 0 Å². The monoisotopic (exact) mass is 334 g/mol. The number of carbonyl (C=O) groups excluding carboxylic acids is 1. The molecule has 0 fully saturated rings. The third-order valence-electron chi connectivity index (χ3n) is 3.99. The second-order valence-corrected chi connectivity index (χ2v) is 5.63. The van der Waals surface area contributed by atoms with E-state index in [1.54, 1.807) is 24.3 Å². The maximum absolute atomic E-state index is 12.7. The molecule has 3 heterocycles. The summed E-state index contributed by atoms with van der Waals surface area (Å²) in [5.74, 6) is 0.213. The summed E-state index contributed by atoms with van der Waals surface area (Å²) in [6, 6.07) is 12.0. The molecule has 25 heavy (non-hydrogen) atoms. The van der Waals surface area contributed by atoms with Crippen LogP contribution in [0.2, 0.25) is 0 Å². The predicted molar refractivity (Wildman–Crippen MR) is 91.2 cm³/mol. The van der Waals surface area contributed by atoms with Gasteiger partial charge in [0.1, 0.15) is 0 Å². The molecule has 0 radical (unpaired) electrons. The molecule has 0 spiro atoms. The van der Waals surface area contributed by atoms with Crippen LogP contribution in [-0.4, -0.2) is 30.7 Å². The molecule has 8 nitrogen and oxygen atoms in total. The summed E-state index contributed by atoms with van der Waals surface area (Å²) in [6.07, 6.45) is 1.83. The number of benzene rings is 1. The van der Waals surface area contributed by atoms with Crippen molar-refractivity contribution in [1.82, 2.24) is 30.1 Å². The molecular formula is C17H14N6O2. The smallest absolute Gasteiger partial charge is 0.272 e. The molecule has 0 saturated heterocycles. The van der Waals surface area contributed by atoms with Gasteiger partial charge >= 0.3 is 0 Å². The minimum Gasteiger partial charge on any atom is -0.341 e. The molecule has 0 bridgehead atoms. The van der Waals surface area contributed by atoms with Crippen LogP contribution in [-0.2, 0) is 0 Å². The fourth-order valence-corrected chi connectivity index (χ4v) is 2.77. The Bertz CT molecular complexity index is 1150. The normalized spacial score (nSPS) is 12.4. The fourth-order valence-electron chi connectivity index (χ4n) is 2.77. The second-order valence-electron chi connectivity index (χ2n) is 5.63. The number of carbonyl (C=O) groups is 1. The fraction of sp³-hybridized carbons (Fsp3) is 0.118. The van der Waals surface area contributed by atoms with E-state index in [9.17, 15) is 9.59 Å². The predicted octanol–water partition coefficient (Wildman–Crippen LogP) is 1.46. The van der Waals surface area contributed by atoms with E-state index in [0.717, 1.165) is 0 Å². The summed E-state index contributed by atoms with van der Waals surface area (Å²) >= 11 is 0.